The van der Waals surface area contributed by atoms with Gasteiger partial charge in [0.25, 0.3) is 5.91 Å². The third-order valence-corrected chi connectivity index (χ3v) is 5.02. The standard InChI is InChI=1S/C28H25FN2O3/c1-4-5-22-14-21(15-23(17-30)28(32)31-25-12-6-19(2)7-13-25)16-26(33-3)27(22)34-18-20-8-10-24(29)11-9-20/h4,6-16H,1,5,18H2,2-3H3,(H,31,32)/b23-15-. The summed E-state index contributed by atoms with van der Waals surface area (Å²) in [5.74, 6) is 0.146. The second kappa shape index (κ2) is 11.5. The molecular formula is C28H25FN2O3. The fourth-order valence-corrected chi connectivity index (χ4v) is 3.28. The Bertz CT molecular complexity index is 1240. The predicted molar refractivity (Wildman–Crippen MR) is 131 cm³/mol. The number of carbonyl (C=O) groups excluding carboxylic acids is 1. The number of nitriles is 1. The fourth-order valence-electron chi connectivity index (χ4n) is 3.28. The molecule has 0 saturated carbocycles. The quantitative estimate of drug-likeness (QED) is 0.244. The van der Waals surface area contributed by atoms with E-state index >= 15 is 0 Å². The number of carbonyl (C=O) groups is 1. The van der Waals surface area contributed by atoms with Crippen LogP contribution in [0, 0.1) is 24.1 Å². The molecule has 0 aliphatic heterocycles. The molecule has 172 valence electrons. The summed E-state index contributed by atoms with van der Waals surface area (Å²) in [6, 6.07) is 18.8. The van der Waals surface area contributed by atoms with Gasteiger partial charge in [-0.3, -0.25) is 4.79 Å². The lowest BCUT2D eigenvalue weighted by atomic mass is 10.0. The highest BCUT2D eigenvalue weighted by molar-refractivity contribution is 6.09. The van der Waals surface area contributed by atoms with Crippen LogP contribution in [0.25, 0.3) is 6.08 Å². The molecule has 0 heterocycles. The number of methoxy groups -OCH3 is 1. The van der Waals surface area contributed by atoms with Crippen molar-refractivity contribution < 1.29 is 18.7 Å². The molecule has 0 unspecified atom stereocenters. The molecule has 3 rings (SSSR count). The van der Waals surface area contributed by atoms with E-state index < -0.39 is 5.91 Å². The highest BCUT2D eigenvalue weighted by Gasteiger charge is 2.15. The number of rotatable bonds is 9. The molecule has 3 aromatic carbocycles. The third kappa shape index (κ3) is 6.33. The lowest BCUT2D eigenvalue weighted by Crippen LogP contribution is -2.13. The Labute approximate surface area is 198 Å². The number of allylic oxidation sites excluding steroid dienone is 1. The smallest absolute Gasteiger partial charge is 0.266 e. The van der Waals surface area contributed by atoms with Crippen molar-refractivity contribution in [1.29, 1.82) is 5.26 Å². The average molecular weight is 457 g/mol. The minimum Gasteiger partial charge on any atom is -0.493 e. The molecule has 6 heteroatoms. The number of benzene rings is 3. The summed E-state index contributed by atoms with van der Waals surface area (Å²) in [5.41, 5.74) is 3.81. The lowest BCUT2D eigenvalue weighted by Gasteiger charge is -2.16. The van der Waals surface area contributed by atoms with Gasteiger partial charge in [0.05, 0.1) is 7.11 Å². The number of hydrogen-bond donors (Lipinski definition) is 1. The number of ether oxygens (including phenoxy) is 2. The Morgan fingerprint density at radius 3 is 2.47 bits per heavy atom. The van der Waals surface area contributed by atoms with Crippen LogP contribution in [-0.4, -0.2) is 13.0 Å². The molecule has 0 fully saturated rings. The number of halogens is 1. The van der Waals surface area contributed by atoms with Gasteiger partial charge in [-0.25, -0.2) is 4.39 Å². The van der Waals surface area contributed by atoms with Crippen molar-refractivity contribution in [2.24, 2.45) is 0 Å². The summed E-state index contributed by atoms with van der Waals surface area (Å²) in [4.78, 5) is 12.6. The molecular weight excluding hydrogens is 431 g/mol. The fraction of sp³-hybridized carbons (Fsp3) is 0.143. The Kier molecular flexibility index (Phi) is 8.20. The van der Waals surface area contributed by atoms with Gasteiger partial charge in [0.15, 0.2) is 11.5 Å². The summed E-state index contributed by atoms with van der Waals surface area (Å²) < 4.78 is 24.7. The van der Waals surface area contributed by atoms with Crippen LogP contribution < -0.4 is 14.8 Å². The maximum atomic E-state index is 13.2. The molecule has 0 spiro atoms. The van der Waals surface area contributed by atoms with E-state index in [2.05, 4.69) is 11.9 Å². The zero-order valence-corrected chi connectivity index (χ0v) is 19.1. The van der Waals surface area contributed by atoms with Gasteiger partial charge in [-0.1, -0.05) is 35.9 Å². The normalized spacial score (nSPS) is 10.8. The van der Waals surface area contributed by atoms with Gasteiger partial charge in [0.1, 0.15) is 24.1 Å². The van der Waals surface area contributed by atoms with Crippen molar-refractivity contribution in [2.75, 3.05) is 12.4 Å². The average Bonchev–Trinajstić information content (AvgIpc) is 2.84. The predicted octanol–water partition coefficient (Wildman–Crippen LogP) is 6.00. The minimum absolute atomic E-state index is 0.0489. The monoisotopic (exact) mass is 456 g/mol. The van der Waals surface area contributed by atoms with Crippen molar-refractivity contribution in [3.05, 3.63) is 107 Å². The first-order chi connectivity index (χ1) is 16.4. The van der Waals surface area contributed by atoms with E-state index in [0.29, 0.717) is 29.2 Å². The SMILES string of the molecule is C=CCc1cc(/C=C(/C#N)C(=O)Nc2ccc(C)cc2)cc(OC)c1OCc1ccc(F)cc1. The number of nitrogens with one attached hydrogen (secondary N) is 1. The summed E-state index contributed by atoms with van der Waals surface area (Å²) in [6.07, 6.45) is 3.71. The maximum Gasteiger partial charge on any atom is 0.266 e. The van der Waals surface area contributed by atoms with Crippen LogP contribution in [0.4, 0.5) is 10.1 Å². The zero-order valence-electron chi connectivity index (χ0n) is 19.1. The molecule has 0 radical (unpaired) electrons. The van der Waals surface area contributed by atoms with Crippen LogP contribution in [0.2, 0.25) is 0 Å². The molecule has 0 atom stereocenters. The maximum absolute atomic E-state index is 13.2. The third-order valence-electron chi connectivity index (χ3n) is 5.02. The van der Waals surface area contributed by atoms with E-state index in [1.54, 1.807) is 36.4 Å². The van der Waals surface area contributed by atoms with Crippen molar-refractivity contribution in [1.82, 2.24) is 0 Å². The van der Waals surface area contributed by atoms with E-state index in [0.717, 1.165) is 16.7 Å². The molecule has 34 heavy (non-hydrogen) atoms. The van der Waals surface area contributed by atoms with Gasteiger partial charge < -0.3 is 14.8 Å². The van der Waals surface area contributed by atoms with Crippen LogP contribution in [0.15, 0.2) is 78.9 Å². The van der Waals surface area contributed by atoms with E-state index in [1.165, 1.54) is 25.3 Å². The summed E-state index contributed by atoms with van der Waals surface area (Å²) in [5, 5.41) is 12.3. The van der Waals surface area contributed by atoms with E-state index in [9.17, 15) is 14.4 Å². The van der Waals surface area contributed by atoms with E-state index in [-0.39, 0.29) is 18.0 Å². The number of amides is 1. The Morgan fingerprint density at radius 1 is 1.15 bits per heavy atom. The van der Waals surface area contributed by atoms with Crippen molar-refractivity contribution in [2.45, 2.75) is 20.0 Å². The van der Waals surface area contributed by atoms with Gasteiger partial charge in [-0.15, -0.1) is 6.58 Å². The molecule has 5 nitrogen and oxygen atoms in total. The summed E-state index contributed by atoms with van der Waals surface area (Å²) in [7, 11) is 1.51. The van der Waals surface area contributed by atoms with Crippen molar-refractivity contribution in [3.63, 3.8) is 0 Å². The summed E-state index contributed by atoms with van der Waals surface area (Å²) >= 11 is 0. The molecule has 0 saturated heterocycles. The van der Waals surface area contributed by atoms with Gasteiger partial charge in [-0.2, -0.15) is 5.26 Å². The van der Waals surface area contributed by atoms with Crippen LogP contribution in [-0.2, 0) is 17.8 Å². The molecule has 1 amide bonds. The molecule has 3 aromatic rings. The van der Waals surface area contributed by atoms with Crippen molar-refractivity contribution in [3.8, 4) is 17.6 Å². The number of nitrogens with zero attached hydrogens (tertiary/aromatic N) is 1. The van der Waals surface area contributed by atoms with Crippen LogP contribution >= 0.6 is 0 Å². The van der Waals surface area contributed by atoms with Gasteiger partial charge in [0.2, 0.25) is 0 Å². The number of anilines is 1. The highest BCUT2D eigenvalue weighted by atomic mass is 19.1. The number of aryl methyl sites for hydroxylation is 1. The first-order valence-electron chi connectivity index (χ1n) is 10.6. The zero-order chi connectivity index (χ0) is 24.5. The summed E-state index contributed by atoms with van der Waals surface area (Å²) in [6.45, 7) is 5.97. The van der Waals surface area contributed by atoms with Crippen molar-refractivity contribution >= 4 is 17.7 Å². The second-order valence-corrected chi connectivity index (χ2v) is 7.61. The first-order valence-corrected chi connectivity index (χ1v) is 10.6. The molecule has 0 aromatic heterocycles. The molecule has 1 N–H and O–H groups in total. The van der Waals surface area contributed by atoms with Gasteiger partial charge in [-0.05, 0) is 66.9 Å². The largest absolute Gasteiger partial charge is 0.493 e. The Hall–Kier alpha value is -4.37. The molecule has 0 bridgehead atoms. The molecule has 0 aliphatic rings. The Balaban J connectivity index is 1.88. The molecule has 0 aliphatic carbocycles. The van der Waals surface area contributed by atoms with Gasteiger partial charge in [0, 0.05) is 11.3 Å². The minimum atomic E-state index is -0.507. The topological polar surface area (TPSA) is 71.4 Å². The number of hydrogen-bond acceptors (Lipinski definition) is 4. The first kappa shape index (κ1) is 24.3. The van der Waals surface area contributed by atoms with Gasteiger partial charge >= 0.3 is 0 Å². The highest BCUT2D eigenvalue weighted by Crippen LogP contribution is 2.35. The van der Waals surface area contributed by atoms with E-state index in [4.69, 9.17) is 9.47 Å². The van der Waals surface area contributed by atoms with Crippen LogP contribution in [0.5, 0.6) is 11.5 Å². The van der Waals surface area contributed by atoms with E-state index in [1.807, 2.05) is 31.2 Å². The van der Waals surface area contributed by atoms with Crippen LogP contribution in [0.3, 0.4) is 0 Å². The Morgan fingerprint density at radius 2 is 1.85 bits per heavy atom. The van der Waals surface area contributed by atoms with Crippen LogP contribution in [0.1, 0.15) is 22.3 Å². The second-order valence-electron chi connectivity index (χ2n) is 7.61. The lowest BCUT2D eigenvalue weighted by molar-refractivity contribution is -0.112.